The molecule has 1 aliphatic heterocycles. The van der Waals surface area contributed by atoms with Gasteiger partial charge in [0.2, 0.25) is 5.91 Å². The first-order valence-corrected chi connectivity index (χ1v) is 11.6. The fourth-order valence-electron chi connectivity index (χ4n) is 3.82. The molecule has 7 heteroatoms. The van der Waals surface area contributed by atoms with E-state index >= 15 is 0 Å². The number of amides is 1. The third-order valence-electron chi connectivity index (χ3n) is 5.57. The van der Waals surface area contributed by atoms with Gasteiger partial charge in [-0.2, -0.15) is 0 Å². The average molecular weight is 449 g/mol. The van der Waals surface area contributed by atoms with Crippen molar-refractivity contribution in [3.63, 3.8) is 0 Å². The Hall–Kier alpha value is -3.06. The predicted octanol–water partition coefficient (Wildman–Crippen LogP) is 4.48. The summed E-state index contributed by atoms with van der Waals surface area (Å²) in [5.41, 5.74) is 2.25. The third kappa shape index (κ3) is 5.59. The number of methoxy groups -OCH3 is 1. The highest BCUT2D eigenvalue weighted by Gasteiger charge is 2.28. The molecule has 0 aliphatic carbocycles. The second kappa shape index (κ2) is 10.5. The van der Waals surface area contributed by atoms with Gasteiger partial charge < -0.3 is 15.0 Å². The number of hydrogen-bond acceptors (Lipinski definition) is 6. The molecule has 166 valence electrons. The Morgan fingerprint density at radius 3 is 2.81 bits per heavy atom. The molecule has 6 nitrogen and oxygen atoms in total. The zero-order valence-electron chi connectivity index (χ0n) is 18.5. The number of nitrogens with zero attached hydrogens (tertiary/aromatic N) is 3. The lowest BCUT2D eigenvalue weighted by atomic mass is 9.97. The molecule has 1 fully saturated rings. The number of hydrogen-bond donors (Lipinski definition) is 1. The molecule has 1 unspecified atom stereocenters. The second-order valence-electron chi connectivity index (χ2n) is 7.95. The van der Waals surface area contributed by atoms with Crippen LogP contribution in [-0.4, -0.2) is 36.1 Å². The summed E-state index contributed by atoms with van der Waals surface area (Å²) in [5.74, 6) is 1.65. The molecule has 2 aromatic carbocycles. The summed E-state index contributed by atoms with van der Waals surface area (Å²) in [6.45, 7) is 4.09. The standard InChI is InChI=1S/C25H28N4O2S/c1-18-8-10-22(11-9-18)32-25-23(26-12-13-27-25)29-14-4-6-20(17-29)24(30)28-16-19-5-3-7-21(15-19)31-2/h3,5,7-13,15,20H,4,6,14,16-17H2,1-2H3,(H,28,30). The number of nitrogens with one attached hydrogen (secondary N) is 1. The minimum Gasteiger partial charge on any atom is -0.497 e. The molecule has 32 heavy (non-hydrogen) atoms. The van der Waals surface area contributed by atoms with E-state index in [0.29, 0.717) is 13.1 Å². The lowest BCUT2D eigenvalue weighted by Gasteiger charge is -2.33. The van der Waals surface area contributed by atoms with Gasteiger partial charge in [-0.25, -0.2) is 9.97 Å². The molecule has 0 saturated carbocycles. The molecule has 1 N–H and O–H groups in total. The van der Waals surface area contributed by atoms with Crippen LogP contribution in [0.4, 0.5) is 5.82 Å². The molecule has 1 amide bonds. The van der Waals surface area contributed by atoms with E-state index in [0.717, 1.165) is 46.4 Å². The van der Waals surface area contributed by atoms with Crippen LogP contribution in [0.1, 0.15) is 24.0 Å². The number of aryl methyl sites for hydroxylation is 1. The van der Waals surface area contributed by atoms with Crippen LogP contribution in [0.15, 0.2) is 70.8 Å². The number of anilines is 1. The van der Waals surface area contributed by atoms with Gasteiger partial charge in [0, 0.05) is 36.9 Å². The molecule has 0 spiro atoms. The van der Waals surface area contributed by atoms with Crippen molar-refractivity contribution in [3.8, 4) is 5.75 Å². The monoisotopic (exact) mass is 448 g/mol. The number of piperidine rings is 1. The van der Waals surface area contributed by atoms with Crippen LogP contribution >= 0.6 is 11.8 Å². The molecular formula is C25H28N4O2S. The Balaban J connectivity index is 1.41. The lowest BCUT2D eigenvalue weighted by Crippen LogP contribution is -2.43. The van der Waals surface area contributed by atoms with Crippen molar-refractivity contribution in [1.82, 2.24) is 15.3 Å². The maximum absolute atomic E-state index is 12.9. The molecule has 0 bridgehead atoms. The summed E-state index contributed by atoms with van der Waals surface area (Å²) in [5, 5.41) is 3.96. The van der Waals surface area contributed by atoms with Gasteiger partial charge in [-0.3, -0.25) is 4.79 Å². The Morgan fingerprint density at radius 2 is 2.00 bits per heavy atom. The molecule has 3 aromatic rings. The molecule has 2 heterocycles. The van der Waals surface area contributed by atoms with E-state index in [1.165, 1.54) is 5.56 Å². The van der Waals surface area contributed by atoms with Crippen molar-refractivity contribution in [2.45, 2.75) is 36.2 Å². The summed E-state index contributed by atoms with van der Waals surface area (Å²) >= 11 is 1.61. The van der Waals surface area contributed by atoms with Crippen molar-refractivity contribution < 1.29 is 9.53 Å². The SMILES string of the molecule is COc1cccc(CNC(=O)C2CCCN(c3nccnc3Sc3ccc(C)cc3)C2)c1. The second-order valence-corrected chi connectivity index (χ2v) is 9.02. The van der Waals surface area contributed by atoms with Crippen LogP contribution in [0, 0.1) is 12.8 Å². The first-order valence-electron chi connectivity index (χ1n) is 10.8. The minimum atomic E-state index is -0.0754. The van der Waals surface area contributed by atoms with Crippen molar-refractivity contribution in [3.05, 3.63) is 72.1 Å². The number of benzene rings is 2. The molecule has 1 saturated heterocycles. The van der Waals surface area contributed by atoms with E-state index in [4.69, 9.17) is 4.74 Å². The highest BCUT2D eigenvalue weighted by atomic mass is 32.2. The zero-order valence-corrected chi connectivity index (χ0v) is 19.3. The van der Waals surface area contributed by atoms with E-state index in [2.05, 4.69) is 51.4 Å². The maximum Gasteiger partial charge on any atom is 0.225 e. The highest BCUT2D eigenvalue weighted by Crippen LogP contribution is 2.34. The normalized spacial score (nSPS) is 15.9. The van der Waals surface area contributed by atoms with Crippen LogP contribution in [0.25, 0.3) is 0 Å². The van der Waals surface area contributed by atoms with Gasteiger partial charge in [0.05, 0.1) is 13.0 Å². The summed E-state index contributed by atoms with van der Waals surface area (Å²) in [6.07, 6.45) is 5.27. The van der Waals surface area contributed by atoms with Crippen LogP contribution in [0.2, 0.25) is 0 Å². The van der Waals surface area contributed by atoms with Gasteiger partial charge >= 0.3 is 0 Å². The fraction of sp³-hybridized carbons (Fsp3) is 0.320. The number of carbonyl (C=O) groups is 1. The van der Waals surface area contributed by atoms with Crippen molar-refractivity contribution in [2.75, 3.05) is 25.1 Å². The summed E-state index contributed by atoms with van der Waals surface area (Å²) in [7, 11) is 1.64. The third-order valence-corrected chi connectivity index (χ3v) is 6.56. The van der Waals surface area contributed by atoms with Crippen LogP contribution < -0.4 is 15.0 Å². The largest absolute Gasteiger partial charge is 0.497 e. The van der Waals surface area contributed by atoms with Crippen LogP contribution in [-0.2, 0) is 11.3 Å². The van der Waals surface area contributed by atoms with E-state index in [1.807, 2.05) is 24.3 Å². The predicted molar refractivity (Wildman–Crippen MR) is 127 cm³/mol. The smallest absolute Gasteiger partial charge is 0.225 e. The lowest BCUT2D eigenvalue weighted by molar-refractivity contribution is -0.125. The molecular weight excluding hydrogens is 420 g/mol. The molecule has 0 radical (unpaired) electrons. The van der Waals surface area contributed by atoms with Gasteiger partial charge in [-0.15, -0.1) is 0 Å². The van der Waals surface area contributed by atoms with Crippen molar-refractivity contribution >= 4 is 23.5 Å². The summed E-state index contributed by atoms with van der Waals surface area (Å²) < 4.78 is 5.27. The van der Waals surface area contributed by atoms with Crippen molar-refractivity contribution in [1.29, 1.82) is 0 Å². The molecule has 1 aliphatic rings. The molecule has 1 aromatic heterocycles. The number of rotatable bonds is 7. The molecule has 4 rings (SSSR count). The topological polar surface area (TPSA) is 67.3 Å². The van der Waals surface area contributed by atoms with Crippen LogP contribution in [0.3, 0.4) is 0 Å². The Morgan fingerprint density at radius 1 is 1.19 bits per heavy atom. The molecule has 1 atom stereocenters. The van der Waals surface area contributed by atoms with Crippen molar-refractivity contribution in [2.24, 2.45) is 5.92 Å². The Bertz CT molecular complexity index is 1060. The number of carbonyl (C=O) groups excluding carboxylic acids is 1. The van der Waals surface area contributed by atoms with Gasteiger partial charge in [0.1, 0.15) is 10.8 Å². The van der Waals surface area contributed by atoms with E-state index < -0.39 is 0 Å². The van der Waals surface area contributed by atoms with E-state index in [9.17, 15) is 4.79 Å². The van der Waals surface area contributed by atoms with Gasteiger partial charge in [0.25, 0.3) is 0 Å². The Labute approximate surface area is 193 Å². The van der Waals surface area contributed by atoms with Gasteiger partial charge in [0.15, 0.2) is 5.82 Å². The fourth-order valence-corrected chi connectivity index (χ4v) is 4.71. The Kier molecular flexibility index (Phi) is 7.27. The quantitative estimate of drug-likeness (QED) is 0.575. The van der Waals surface area contributed by atoms with Crippen LogP contribution in [0.5, 0.6) is 5.75 Å². The minimum absolute atomic E-state index is 0.0754. The number of aromatic nitrogens is 2. The average Bonchev–Trinajstić information content (AvgIpc) is 2.84. The summed E-state index contributed by atoms with van der Waals surface area (Å²) in [4.78, 5) is 25.4. The zero-order chi connectivity index (χ0) is 22.3. The van der Waals surface area contributed by atoms with Gasteiger partial charge in [-0.05, 0) is 49.6 Å². The highest BCUT2D eigenvalue weighted by molar-refractivity contribution is 7.99. The number of ether oxygens (including phenoxy) is 1. The summed E-state index contributed by atoms with van der Waals surface area (Å²) in [6, 6.07) is 16.2. The first kappa shape index (κ1) is 22.1. The van der Waals surface area contributed by atoms with E-state index in [-0.39, 0.29) is 11.8 Å². The van der Waals surface area contributed by atoms with E-state index in [1.54, 1.807) is 31.3 Å². The van der Waals surface area contributed by atoms with Gasteiger partial charge in [-0.1, -0.05) is 41.6 Å². The first-order chi connectivity index (χ1) is 15.6. The maximum atomic E-state index is 12.9.